The summed E-state index contributed by atoms with van der Waals surface area (Å²) >= 11 is 4.47. The highest BCUT2D eigenvalue weighted by Gasteiger charge is 2.58. The number of hydrogen-bond donors (Lipinski definition) is 2. The molecule has 1 spiro atoms. The van der Waals surface area contributed by atoms with Gasteiger partial charge in [-0.2, -0.15) is 0 Å². The Morgan fingerprint density at radius 3 is 2.94 bits per heavy atom. The van der Waals surface area contributed by atoms with Crippen molar-refractivity contribution in [1.29, 1.82) is 0 Å². The summed E-state index contributed by atoms with van der Waals surface area (Å²) in [6, 6.07) is 4.14. The lowest BCUT2D eigenvalue weighted by atomic mass is 9.87. The topological polar surface area (TPSA) is 78.5 Å². The largest absolute Gasteiger partial charge is 0.491 e. The van der Waals surface area contributed by atoms with Crippen LogP contribution in [-0.4, -0.2) is 51.3 Å². The van der Waals surface area contributed by atoms with Gasteiger partial charge < -0.3 is 9.72 Å². The molecule has 2 aromatic rings. The third-order valence-corrected chi connectivity index (χ3v) is 8.16. The average molecular weight is 499 g/mol. The summed E-state index contributed by atoms with van der Waals surface area (Å²) < 4.78 is 7.81. The molecule has 7 nitrogen and oxygen atoms in total. The van der Waals surface area contributed by atoms with E-state index in [1.165, 1.54) is 4.31 Å². The van der Waals surface area contributed by atoms with Crippen molar-refractivity contribution in [2.75, 3.05) is 26.2 Å². The number of allylic oxidation sites excluding steroid dienone is 1. The Kier molecular flexibility index (Phi) is 6.95. The van der Waals surface area contributed by atoms with Crippen LogP contribution < -0.4 is 10.3 Å². The number of thiol groups is 1. The second-order valence-electron chi connectivity index (χ2n) is 10.3. The molecule has 1 aromatic carbocycles. The number of rotatable bonds is 5. The molecule has 2 heterocycles. The molecule has 8 heteroatoms. The van der Waals surface area contributed by atoms with Gasteiger partial charge in [0.1, 0.15) is 17.0 Å². The molecule has 1 aliphatic heterocycles. The molecule has 1 saturated carbocycles. The molecular weight excluding hydrogens is 460 g/mol. The number of carbonyl (C=O) groups excluding carboxylic acids is 1. The van der Waals surface area contributed by atoms with Gasteiger partial charge in [0, 0.05) is 25.5 Å². The number of ether oxygens (including phenoxy) is 1. The Hall–Kier alpha value is -2.32. The van der Waals surface area contributed by atoms with Crippen LogP contribution in [0.1, 0.15) is 71.5 Å². The molecule has 1 fully saturated rings. The van der Waals surface area contributed by atoms with Crippen molar-refractivity contribution in [3.8, 4) is 5.75 Å². The highest BCUT2D eigenvalue weighted by molar-refractivity contribution is 7.78. The first-order chi connectivity index (χ1) is 16.9. The van der Waals surface area contributed by atoms with Gasteiger partial charge in [0.25, 0.3) is 11.5 Å². The first-order valence-corrected chi connectivity index (χ1v) is 13.5. The highest BCUT2D eigenvalue weighted by Crippen LogP contribution is 2.59. The Balaban J connectivity index is 0.00000304. The van der Waals surface area contributed by atoms with E-state index in [0.29, 0.717) is 35.8 Å². The van der Waals surface area contributed by atoms with Crippen LogP contribution in [0.4, 0.5) is 0 Å². The summed E-state index contributed by atoms with van der Waals surface area (Å²) in [6.45, 7) is 8.33. The van der Waals surface area contributed by atoms with Crippen LogP contribution >= 0.6 is 12.8 Å². The Bertz CT molecular complexity index is 1220. The van der Waals surface area contributed by atoms with Crippen molar-refractivity contribution in [2.45, 2.75) is 70.8 Å². The van der Waals surface area contributed by atoms with Crippen molar-refractivity contribution < 1.29 is 11.0 Å². The maximum Gasteiger partial charge on any atom is 0.271 e. The van der Waals surface area contributed by atoms with Crippen LogP contribution in [0.25, 0.3) is 11.0 Å². The maximum atomic E-state index is 13.3. The Morgan fingerprint density at radius 2 is 2.14 bits per heavy atom. The monoisotopic (exact) mass is 498 g/mol. The average Bonchev–Trinajstić information content (AvgIpc) is 3.58. The van der Waals surface area contributed by atoms with Crippen LogP contribution in [-0.2, 0) is 16.8 Å². The fourth-order valence-corrected chi connectivity index (χ4v) is 6.04. The van der Waals surface area contributed by atoms with Crippen LogP contribution in [0.5, 0.6) is 5.75 Å². The number of nitrogens with one attached hydrogen (secondary N) is 1. The Labute approximate surface area is 214 Å². The lowest BCUT2D eigenvalue weighted by Crippen LogP contribution is -2.30. The highest BCUT2D eigenvalue weighted by atomic mass is 32.1. The summed E-state index contributed by atoms with van der Waals surface area (Å²) in [4.78, 5) is 36.9. The number of hydrogen-bond acceptors (Lipinski definition) is 6. The molecule has 1 N–H and O–H groups in total. The molecular formula is C27H38N4O3S. The van der Waals surface area contributed by atoms with Gasteiger partial charge in [0.15, 0.2) is 0 Å². The van der Waals surface area contributed by atoms with E-state index < -0.39 is 5.41 Å². The first kappa shape index (κ1) is 24.4. The summed E-state index contributed by atoms with van der Waals surface area (Å²) in [7, 11) is 0. The summed E-state index contributed by atoms with van der Waals surface area (Å²) in [6.07, 6.45) is 8.30. The maximum absolute atomic E-state index is 13.3. The van der Waals surface area contributed by atoms with E-state index in [9.17, 15) is 9.59 Å². The minimum atomic E-state index is -0.462. The number of aromatic amines is 1. The SMILES string of the molecule is CCCN(CC)Cc1cc2c3nc(c(=O)[nH]c3c1)C13C=C(CCC1C3)C(=O)N(S)CCCCCO2.[HH]. The number of amides is 1. The van der Waals surface area contributed by atoms with Crippen LogP contribution in [0.15, 0.2) is 28.6 Å². The molecule has 0 saturated heterocycles. The fraction of sp³-hybridized carbons (Fsp3) is 0.593. The van der Waals surface area contributed by atoms with Gasteiger partial charge in [-0.25, -0.2) is 4.98 Å². The summed E-state index contributed by atoms with van der Waals surface area (Å²) in [5, 5.41) is 0. The number of benzene rings is 1. The fourth-order valence-electron chi connectivity index (χ4n) is 5.77. The molecule has 1 amide bonds. The van der Waals surface area contributed by atoms with E-state index >= 15 is 0 Å². The van der Waals surface area contributed by atoms with E-state index in [0.717, 1.165) is 81.5 Å². The van der Waals surface area contributed by atoms with Crippen molar-refractivity contribution in [1.82, 2.24) is 19.2 Å². The van der Waals surface area contributed by atoms with E-state index in [1.807, 2.05) is 12.1 Å². The van der Waals surface area contributed by atoms with Gasteiger partial charge in [0.05, 0.1) is 12.1 Å². The molecule has 35 heavy (non-hydrogen) atoms. The minimum Gasteiger partial charge on any atom is -0.491 e. The van der Waals surface area contributed by atoms with Crippen molar-refractivity contribution in [2.24, 2.45) is 5.92 Å². The van der Waals surface area contributed by atoms with Gasteiger partial charge in [-0.1, -0.05) is 32.7 Å². The smallest absolute Gasteiger partial charge is 0.271 e. The lowest BCUT2D eigenvalue weighted by Gasteiger charge is -2.23. The van der Waals surface area contributed by atoms with E-state index in [4.69, 9.17) is 9.72 Å². The zero-order chi connectivity index (χ0) is 24.6. The number of carbonyl (C=O) groups is 1. The third kappa shape index (κ3) is 4.75. The van der Waals surface area contributed by atoms with Crippen LogP contribution in [0.2, 0.25) is 0 Å². The second-order valence-corrected chi connectivity index (χ2v) is 10.7. The number of fused-ring (bicyclic) bond motifs is 1. The molecule has 2 aliphatic carbocycles. The van der Waals surface area contributed by atoms with Crippen LogP contribution in [0.3, 0.4) is 0 Å². The van der Waals surface area contributed by atoms with Gasteiger partial charge in [-0.3, -0.25) is 18.8 Å². The number of nitrogens with zero attached hydrogens (tertiary/aromatic N) is 3. The molecule has 0 radical (unpaired) electrons. The molecule has 1 aromatic heterocycles. The summed E-state index contributed by atoms with van der Waals surface area (Å²) in [5.41, 5.74) is 3.18. The minimum absolute atomic E-state index is 0. The van der Waals surface area contributed by atoms with E-state index in [1.54, 1.807) is 0 Å². The van der Waals surface area contributed by atoms with E-state index in [-0.39, 0.29) is 12.9 Å². The third-order valence-electron chi connectivity index (χ3n) is 7.78. The van der Waals surface area contributed by atoms with Crippen molar-refractivity contribution in [3.63, 3.8) is 0 Å². The van der Waals surface area contributed by atoms with Gasteiger partial charge in [-0.05, 0) is 81.6 Å². The quantitative estimate of drug-likeness (QED) is 0.589. The zero-order valence-corrected chi connectivity index (χ0v) is 21.7. The zero-order valence-electron chi connectivity index (χ0n) is 20.8. The summed E-state index contributed by atoms with van der Waals surface area (Å²) in [5.74, 6) is 1.04. The molecule has 5 rings (SSSR count). The number of aromatic nitrogens is 2. The molecule has 2 unspecified atom stereocenters. The molecule has 4 bridgehead atoms. The van der Waals surface area contributed by atoms with E-state index in [2.05, 4.69) is 42.6 Å². The lowest BCUT2D eigenvalue weighted by molar-refractivity contribution is -0.122. The second kappa shape index (κ2) is 9.97. The van der Waals surface area contributed by atoms with Crippen molar-refractivity contribution >= 4 is 29.8 Å². The predicted octanol–water partition coefficient (Wildman–Crippen LogP) is 4.62. The molecule has 190 valence electrons. The molecule has 3 aliphatic rings. The predicted molar refractivity (Wildman–Crippen MR) is 143 cm³/mol. The first-order valence-electron chi connectivity index (χ1n) is 13.1. The molecule has 2 atom stereocenters. The van der Waals surface area contributed by atoms with Gasteiger partial charge in [-0.15, -0.1) is 0 Å². The van der Waals surface area contributed by atoms with Gasteiger partial charge >= 0.3 is 0 Å². The van der Waals surface area contributed by atoms with Crippen LogP contribution in [0, 0.1) is 5.92 Å². The standard InChI is InChI=1S/C27H36N4O3S.H2/c1-3-10-30(4-2)17-18-13-21-23-22(14-18)34-12-7-5-6-11-31(35)26(33)19-8-9-20-16-27(20,15-19)24(29-23)25(32)28-21;/h13-15,20,35H,3-12,16-17H2,1-2H3,(H,28,32);1H. The normalized spacial score (nSPS) is 24.6. The van der Waals surface area contributed by atoms with Gasteiger partial charge in [0.2, 0.25) is 0 Å². The number of H-pyrrole nitrogens is 1. The van der Waals surface area contributed by atoms with Crippen molar-refractivity contribution in [3.05, 3.63) is 45.4 Å². The Morgan fingerprint density at radius 1 is 1.29 bits per heavy atom.